The zero-order valence-electron chi connectivity index (χ0n) is 12.5. The van der Waals surface area contributed by atoms with Crippen molar-refractivity contribution < 1.29 is 9.59 Å². The monoisotopic (exact) mass is 357 g/mol. The summed E-state index contributed by atoms with van der Waals surface area (Å²) in [6.45, 7) is 1.85. The normalized spacial score (nSPS) is 20.1. The van der Waals surface area contributed by atoms with Crippen molar-refractivity contribution in [3.8, 4) is 0 Å². The first-order valence-corrected chi connectivity index (χ1v) is 7.89. The highest BCUT2D eigenvalue weighted by atomic mass is 79.9. The molecule has 1 heterocycles. The van der Waals surface area contributed by atoms with E-state index in [9.17, 15) is 9.59 Å². The number of anilines is 1. The number of carbonyl (C=O) groups is 2. The molecule has 2 aromatic carbocycles. The predicted octanol–water partition coefficient (Wildman–Crippen LogP) is 3.96. The number of nitrogens with zero attached hydrogens (tertiary/aromatic N) is 1. The Kier molecular flexibility index (Phi) is 3.65. The molecule has 1 aliphatic heterocycles. The van der Waals surface area contributed by atoms with Gasteiger partial charge in [-0.1, -0.05) is 46.3 Å². The Bertz CT molecular complexity index is 757. The highest BCUT2D eigenvalue weighted by Crippen LogP contribution is 2.44. The van der Waals surface area contributed by atoms with Gasteiger partial charge in [0.15, 0.2) is 5.78 Å². The van der Waals surface area contributed by atoms with Crippen LogP contribution in [0.4, 0.5) is 5.69 Å². The molecule has 3 nitrogen and oxygen atoms in total. The molecule has 1 aliphatic rings. The van der Waals surface area contributed by atoms with Gasteiger partial charge in [0.25, 0.3) is 0 Å². The van der Waals surface area contributed by atoms with Crippen molar-refractivity contribution in [3.05, 3.63) is 64.1 Å². The summed E-state index contributed by atoms with van der Waals surface area (Å²) in [6, 6.07) is 14.9. The number of likely N-dealkylation sites (N-methyl/N-ethyl adjacent to an activating group) is 1. The zero-order chi connectivity index (χ0) is 15.9. The maximum atomic E-state index is 12.7. The Balaban J connectivity index is 2.01. The molecule has 112 valence electrons. The van der Waals surface area contributed by atoms with Gasteiger partial charge in [-0.25, -0.2) is 0 Å². The van der Waals surface area contributed by atoms with Crippen molar-refractivity contribution in [2.45, 2.75) is 18.8 Å². The van der Waals surface area contributed by atoms with Crippen LogP contribution in [0.3, 0.4) is 0 Å². The fourth-order valence-corrected chi connectivity index (χ4v) is 3.42. The number of amides is 1. The van der Waals surface area contributed by atoms with Gasteiger partial charge in [-0.15, -0.1) is 0 Å². The number of benzene rings is 2. The topological polar surface area (TPSA) is 37.4 Å². The van der Waals surface area contributed by atoms with Crippen molar-refractivity contribution in [2.24, 2.45) is 0 Å². The van der Waals surface area contributed by atoms with E-state index < -0.39 is 5.41 Å². The Morgan fingerprint density at radius 3 is 2.55 bits per heavy atom. The van der Waals surface area contributed by atoms with Crippen molar-refractivity contribution in [2.75, 3.05) is 11.9 Å². The van der Waals surface area contributed by atoms with E-state index in [-0.39, 0.29) is 18.1 Å². The number of fused-ring (bicyclic) bond motifs is 1. The van der Waals surface area contributed by atoms with Gasteiger partial charge in [0.2, 0.25) is 5.91 Å². The lowest BCUT2D eigenvalue weighted by molar-refractivity contribution is -0.122. The highest BCUT2D eigenvalue weighted by Gasteiger charge is 2.47. The first-order chi connectivity index (χ1) is 10.4. The van der Waals surface area contributed by atoms with E-state index in [1.165, 1.54) is 0 Å². The molecule has 0 saturated heterocycles. The summed E-state index contributed by atoms with van der Waals surface area (Å²) >= 11 is 3.45. The number of hydrogen-bond acceptors (Lipinski definition) is 2. The molecule has 22 heavy (non-hydrogen) atoms. The van der Waals surface area contributed by atoms with Gasteiger partial charge in [-0.3, -0.25) is 9.59 Å². The maximum Gasteiger partial charge on any atom is 0.237 e. The van der Waals surface area contributed by atoms with Crippen molar-refractivity contribution in [3.63, 3.8) is 0 Å². The van der Waals surface area contributed by atoms with Crippen LogP contribution < -0.4 is 4.90 Å². The average Bonchev–Trinajstić information content (AvgIpc) is 2.70. The molecule has 0 radical (unpaired) electrons. The molecule has 0 aromatic heterocycles. The number of carbonyl (C=O) groups excluding carboxylic acids is 2. The predicted molar refractivity (Wildman–Crippen MR) is 90.3 cm³/mol. The smallest absolute Gasteiger partial charge is 0.237 e. The SMILES string of the molecule is CN1C(=O)[C@](C)(CC(=O)c2ccccc2)c2cc(Br)ccc21. The molecular formula is C18H16BrNO2. The lowest BCUT2D eigenvalue weighted by Crippen LogP contribution is -2.37. The lowest BCUT2D eigenvalue weighted by Gasteiger charge is -2.22. The molecule has 2 aromatic rings. The fraction of sp³-hybridized carbons (Fsp3) is 0.222. The van der Waals surface area contributed by atoms with E-state index in [2.05, 4.69) is 15.9 Å². The maximum absolute atomic E-state index is 12.7. The standard InChI is InChI=1S/C18H16BrNO2/c1-18(11-16(21)12-6-4-3-5-7-12)14-10-13(19)8-9-15(14)20(2)17(18)22/h3-10H,11H2,1-2H3/t18-/m1/s1. The molecule has 0 aliphatic carbocycles. The summed E-state index contributed by atoms with van der Waals surface area (Å²) in [5.41, 5.74) is 1.60. The molecule has 1 atom stereocenters. The first kappa shape index (κ1) is 15.0. The summed E-state index contributed by atoms with van der Waals surface area (Å²) in [6.07, 6.45) is 0.170. The van der Waals surface area contributed by atoms with E-state index in [1.54, 1.807) is 24.1 Å². The van der Waals surface area contributed by atoms with Crippen molar-refractivity contribution >= 4 is 33.3 Å². The fourth-order valence-electron chi connectivity index (χ4n) is 3.06. The quantitative estimate of drug-likeness (QED) is 0.779. The summed E-state index contributed by atoms with van der Waals surface area (Å²) < 4.78 is 0.910. The van der Waals surface area contributed by atoms with E-state index in [0.29, 0.717) is 5.56 Å². The van der Waals surface area contributed by atoms with Gasteiger partial charge in [-0.05, 0) is 30.7 Å². The number of ketones is 1. The van der Waals surface area contributed by atoms with E-state index >= 15 is 0 Å². The van der Waals surface area contributed by atoms with Crippen LogP contribution in [0.15, 0.2) is 53.0 Å². The molecule has 0 bridgehead atoms. The Morgan fingerprint density at radius 2 is 1.86 bits per heavy atom. The van der Waals surface area contributed by atoms with Crippen LogP contribution >= 0.6 is 15.9 Å². The van der Waals surface area contributed by atoms with Gasteiger partial charge in [0.05, 0.1) is 5.41 Å². The lowest BCUT2D eigenvalue weighted by atomic mass is 9.78. The Labute approximate surface area is 138 Å². The molecule has 0 spiro atoms. The zero-order valence-corrected chi connectivity index (χ0v) is 14.1. The van der Waals surface area contributed by atoms with Gasteiger partial charge < -0.3 is 4.90 Å². The third kappa shape index (κ3) is 2.28. The minimum Gasteiger partial charge on any atom is -0.314 e. The van der Waals surface area contributed by atoms with Crippen molar-refractivity contribution in [1.29, 1.82) is 0 Å². The third-order valence-electron chi connectivity index (χ3n) is 4.30. The number of hydrogen-bond donors (Lipinski definition) is 0. The second-order valence-corrected chi connectivity index (χ2v) is 6.74. The Hall–Kier alpha value is -1.94. The van der Waals surface area contributed by atoms with E-state index in [4.69, 9.17) is 0 Å². The number of rotatable bonds is 3. The molecule has 1 amide bonds. The summed E-state index contributed by atoms with van der Waals surface area (Å²) in [5, 5.41) is 0. The number of Topliss-reactive ketones (excluding diaryl/α,β-unsaturated/α-hetero) is 1. The molecule has 3 rings (SSSR count). The first-order valence-electron chi connectivity index (χ1n) is 7.10. The molecule has 4 heteroatoms. The van der Waals surface area contributed by atoms with Crippen LogP contribution in [0.2, 0.25) is 0 Å². The molecule has 0 unspecified atom stereocenters. The molecule has 0 saturated carbocycles. The van der Waals surface area contributed by atoms with Crippen LogP contribution in [0.5, 0.6) is 0 Å². The van der Waals surface area contributed by atoms with Gasteiger partial charge in [0.1, 0.15) is 0 Å². The largest absolute Gasteiger partial charge is 0.314 e. The second kappa shape index (κ2) is 5.36. The van der Waals surface area contributed by atoms with Gasteiger partial charge in [0, 0.05) is 29.2 Å². The van der Waals surface area contributed by atoms with Crippen LogP contribution in [-0.2, 0) is 10.2 Å². The molecule has 0 fully saturated rings. The minimum absolute atomic E-state index is 0.0160. The third-order valence-corrected chi connectivity index (χ3v) is 4.79. The second-order valence-electron chi connectivity index (χ2n) is 5.82. The Morgan fingerprint density at radius 1 is 1.18 bits per heavy atom. The average molecular weight is 358 g/mol. The van der Waals surface area contributed by atoms with Crippen LogP contribution in [0, 0.1) is 0 Å². The van der Waals surface area contributed by atoms with E-state index in [1.807, 2.05) is 43.3 Å². The van der Waals surface area contributed by atoms with Crippen LogP contribution in [0.1, 0.15) is 29.3 Å². The number of halogens is 1. The van der Waals surface area contributed by atoms with Crippen LogP contribution in [-0.4, -0.2) is 18.7 Å². The summed E-state index contributed by atoms with van der Waals surface area (Å²) in [5.74, 6) is -0.0532. The molecule has 0 N–H and O–H groups in total. The molecular weight excluding hydrogens is 342 g/mol. The van der Waals surface area contributed by atoms with Gasteiger partial charge in [-0.2, -0.15) is 0 Å². The van der Waals surface area contributed by atoms with E-state index in [0.717, 1.165) is 15.7 Å². The highest BCUT2D eigenvalue weighted by molar-refractivity contribution is 9.10. The van der Waals surface area contributed by atoms with Gasteiger partial charge >= 0.3 is 0 Å². The summed E-state index contributed by atoms with van der Waals surface area (Å²) in [7, 11) is 1.76. The summed E-state index contributed by atoms with van der Waals surface area (Å²) in [4.78, 5) is 26.9. The van der Waals surface area contributed by atoms with Crippen molar-refractivity contribution in [1.82, 2.24) is 0 Å². The minimum atomic E-state index is -0.819. The van der Waals surface area contributed by atoms with Crippen LogP contribution in [0.25, 0.3) is 0 Å².